The maximum atomic E-state index is 12.9. The Kier molecular flexibility index (Phi) is 3.84. The van der Waals surface area contributed by atoms with Gasteiger partial charge in [0.2, 0.25) is 0 Å². The minimum absolute atomic E-state index is 0.0360. The van der Waals surface area contributed by atoms with Crippen molar-refractivity contribution in [2.45, 2.75) is 25.7 Å². The van der Waals surface area contributed by atoms with Gasteiger partial charge in [0.05, 0.1) is 5.69 Å². The predicted molar refractivity (Wildman–Crippen MR) is 107 cm³/mol. The van der Waals surface area contributed by atoms with Crippen molar-refractivity contribution in [3.8, 4) is 0 Å². The molecule has 0 amide bonds. The smallest absolute Gasteiger partial charge is 0.258 e. The average molecular weight is 377 g/mol. The summed E-state index contributed by atoms with van der Waals surface area (Å²) >= 11 is 1.56. The Morgan fingerprint density at radius 3 is 2.96 bits per heavy atom. The summed E-state index contributed by atoms with van der Waals surface area (Å²) in [7, 11) is 0. The highest BCUT2D eigenvalue weighted by Gasteiger charge is 2.41. The van der Waals surface area contributed by atoms with Crippen LogP contribution in [-0.4, -0.2) is 26.1 Å². The molecule has 2 unspecified atom stereocenters. The van der Waals surface area contributed by atoms with Gasteiger partial charge in [0.1, 0.15) is 0 Å². The molecule has 2 atom stereocenters. The standard InChI is InChI=1S/C21H19N3O2S/c1-12-20(18-7-15(18)11-25)24-19(26)8-16(23-21(24)27-12)6-14-10-22-9-13-4-2-3-5-17(13)14/h2-5,8-10,15,18,25H,6-7,11H2,1H3. The molecule has 1 N–H and O–H groups in total. The summed E-state index contributed by atoms with van der Waals surface area (Å²) in [5, 5.41) is 11.6. The van der Waals surface area contributed by atoms with Crippen LogP contribution in [0.15, 0.2) is 47.5 Å². The minimum atomic E-state index is -0.0360. The zero-order chi connectivity index (χ0) is 18.5. The van der Waals surface area contributed by atoms with Crippen molar-refractivity contribution in [1.82, 2.24) is 14.4 Å². The van der Waals surface area contributed by atoms with E-state index in [0.717, 1.165) is 44.0 Å². The lowest BCUT2D eigenvalue weighted by atomic mass is 10.0. The van der Waals surface area contributed by atoms with E-state index < -0.39 is 0 Å². The third-order valence-electron chi connectivity index (χ3n) is 5.42. The van der Waals surface area contributed by atoms with Gasteiger partial charge < -0.3 is 5.11 Å². The lowest BCUT2D eigenvalue weighted by Crippen LogP contribution is -2.17. The van der Waals surface area contributed by atoms with Crippen LogP contribution in [0, 0.1) is 12.8 Å². The fourth-order valence-electron chi connectivity index (χ4n) is 3.96. The molecule has 27 heavy (non-hydrogen) atoms. The summed E-state index contributed by atoms with van der Waals surface area (Å²) in [5.74, 6) is 0.547. The number of hydrogen-bond donors (Lipinski definition) is 1. The predicted octanol–water partition coefficient (Wildman–Crippen LogP) is 3.30. The number of aryl methyl sites for hydroxylation is 1. The summed E-state index contributed by atoms with van der Waals surface area (Å²) in [6, 6.07) is 9.77. The summed E-state index contributed by atoms with van der Waals surface area (Å²) in [5.41, 5.74) is 2.83. The molecule has 0 saturated heterocycles. The number of aromatic nitrogens is 3. The van der Waals surface area contributed by atoms with E-state index in [-0.39, 0.29) is 24.0 Å². The molecule has 5 nitrogen and oxygen atoms in total. The molecule has 1 aliphatic carbocycles. The summed E-state index contributed by atoms with van der Waals surface area (Å²) < 4.78 is 1.74. The molecule has 1 aromatic carbocycles. The van der Waals surface area contributed by atoms with Gasteiger partial charge in [-0.25, -0.2) is 4.98 Å². The molecule has 1 saturated carbocycles. The number of benzene rings is 1. The van der Waals surface area contributed by atoms with Crippen LogP contribution in [0.1, 0.15) is 34.2 Å². The van der Waals surface area contributed by atoms with Gasteiger partial charge in [0.15, 0.2) is 4.96 Å². The van der Waals surface area contributed by atoms with Crippen LogP contribution in [0.4, 0.5) is 0 Å². The largest absolute Gasteiger partial charge is 0.396 e. The summed E-state index contributed by atoms with van der Waals surface area (Å²) in [6.45, 7) is 2.21. The first-order valence-electron chi connectivity index (χ1n) is 9.10. The molecule has 4 aromatic rings. The number of nitrogens with zero attached hydrogens (tertiary/aromatic N) is 3. The number of aliphatic hydroxyl groups is 1. The van der Waals surface area contributed by atoms with Gasteiger partial charge in [-0.3, -0.25) is 14.2 Å². The minimum Gasteiger partial charge on any atom is -0.396 e. The molecule has 0 aliphatic heterocycles. The van der Waals surface area contributed by atoms with Crippen LogP contribution in [0.5, 0.6) is 0 Å². The Balaban J connectivity index is 1.58. The van der Waals surface area contributed by atoms with Gasteiger partial charge >= 0.3 is 0 Å². The van der Waals surface area contributed by atoms with Crippen LogP contribution < -0.4 is 5.56 Å². The lowest BCUT2D eigenvalue weighted by Gasteiger charge is -2.06. The Bertz CT molecular complexity index is 1220. The fraction of sp³-hybridized carbons (Fsp3) is 0.286. The highest BCUT2D eigenvalue weighted by Crippen LogP contribution is 2.49. The molecule has 1 aliphatic rings. The Morgan fingerprint density at radius 1 is 1.30 bits per heavy atom. The number of thiazole rings is 1. The van der Waals surface area contributed by atoms with Gasteiger partial charge in [-0.1, -0.05) is 24.3 Å². The van der Waals surface area contributed by atoms with Crippen LogP contribution in [0.25, 0.3) is 15.7 Å². The maximum absolute atomic E-state index is 12.9. The van der Waals surface area contributed by atoms with Crippen molar-refractivity contribution in [1.29, 1.82) is 0 Å². The van der Waals surface area contributed by atoms with Crippen LogP contribution in [0.2, 0.25) is 0 Å². The molecular formula is C21H19N3O2S. The number of aliphatic hydroxyl groups excluding tert-OH is 1. The van der Waals surface area contributed by atoms with Crippen molar-refractivity contribution < 1.29 is 5.11 Å². The SMILES string of the molecule is Cc1sc2nc(Cc3cncc4ccccc34)cc(=O)n2c1C1CC1CO. The molecule has 136 valence electrons. The molecule has 3 aromatic heterocycles. The van der Waals surface area contributed by atoms with Crippen molar-refractivity contribution >= 4 is 27.1 Å². The van der Waals surface area contributed by atoms with Gasteiger partial charge in [-0.2, -0.15) is 0 Å². The van der Waals surface area contributed by atoms with E-state index in [1.165, 1.54) is 0 Å². The summed E-state index contributed by atoms with van der Waals surface area (Å²) in [4.78, 5) is 23.8. The second-order valence-electron chi connectivity index (χ2n) is 7.23. The van der Waals surface area contributed by atoms with E-state index in [1.807, 2.05) is 37.5 Å². The first kappa shape index (κ1) is 16.6. The van der Waals surface area contributed by atoms with Crippen LogP contribution in [0.3, 0.4) is 0 Å². The topological polar surface area (TPSA) is 67.5 Å². The summed E-state index contributed by atoms with van der Waals surface area (Å²) in [6.07, 6.45) is 5.23. The molecule has 3 heterocycles. The lowest BCUT2D eigenvalue weighted by molar-refractivity contribution is 0.273. The molecule has 1 fully saturated rings. The van der Waals surface area contributed by atoms with E-state index in [1.54, 1.807) is 21.8 Å². The van der Waals surface area contributed by atoms with E-state index >= 15 is 0 Å². The van der Waals surface area contributed by atoms with Gasteiger partial charge in [-0.15, -0.1) is 11.3 Å². The quantitative estimate of drug-likeness (QED) is 0.593. The number of hydrogen-bond acceptors (Lipinski definition) is 5. The highest BCUT2D eigenvalue weighted by molar-refractivity contribution is 7.17. The molecule has 0 radical (unpaired) electrons. The zero-order valence-corrected chi connectivity index (χ0v) is 15.7. The van der Waals surface area contributed by atoms with E-state index in [2.05, 4.69) is 11.1 Å². The Labute approximate surface area is 160 Å². The fourth-order valence-corrected chi connectivity index (χ4v) is 5.02. The molecular weight excluding hydrogens is 358 g/mol. The van der Waals surface area contributed by atoms with Crippen molar-refractivity contribution in [3.63, 3.8) is 0 Å². The van der Waals surface area contributed by atoms with Crippen LogP contribution >= 0.6 is 11.3 Å². The zero-order valence-electron chi connectivity index (χ0n) is 14.9. The van der Waals surface area contributed by atoms with E-state index in [0.29, 0.717) is 6.42 Å². The first-order valence-corrected chi connectivity index (χ1v) is 9.92. The van der Waals surface area contributed by atoms with Crippen molar-refractivity contribution in [2.75, 3.05) is 6.61 Å². The third-order valence-corrected chi connectivity index (χ3v) is 6.39. The van der Waals surface area contributed by atoms with Gasteiger partial charge in [-0.05, 0) is 30.2 Å². The number of fused-ring (bicyclic) bond motifs is 2. The highest BCUT2D eigenvalue weighted by atomic mass is 32.1. The normalized spacial score (nSPS) is 19.0. The molecule has 5 rings (SSSR count). The van der Waals surface area contributed by atoms with Crippen LogP contribution in [-0.2, 0) is 6.42 Å². The number of pyridine rings is 1. The van der Waals surface area contributed by atoms with Crippen molar-refractivity contribution in [2.24, 2.45) is 5.92 Å². The van der Waals surface area contributed by atoms with E-state index in [4.69, 9.17) is 4.98 Å². The van der Waals surface area contributed by atoms with E-state index in [9.17, 15) is 9.90 Å². The van der Waals surface area contributed by atoms with Gasteiger partial charge in [0.25, 0.3) is 5.56 Å². The molecule has 0 spiro atoms. The monoisotopic (exact) mass is 377 g/mol. The maximum Gasteiger partial charge on any atom is 0.258 e. The third kappa shape index (κ3) is 2.76. The second-order valence-corrected chi connectivity index (χ2v) is 8.41. The first-order chi connectivity index (χ1) is 13.2. The average Bonchev–Trinajstić information content (AvgIpc) is 3.36. The second kappa shape index (κ2) is 6.25. The Morgan fingerprint density at radius 2 is 2.15 bits per heavy atom. The van der Waals surface area contributed by atoms with Gasteiger partial charge in [0, 0.05) is 53.4 Å². The molecule has 6 heteroatoms. The Hall–Kier alpha value is -2.57. The number of rotatable bonds is 4. The van der Waals surface area contributed by atoms with Crippen molar-refractivity contribution in [3.05, 3.63) is 74.9 Å². The molecule has 0 bridgehead atoms.